The lowest BCUT2D eigenvalue weighted by Crippen LogP contribution is -2.29. The summed E-state index contributed by atoms with van der Waals surface area (Å²) in [7, 11) is 0. The lowest BCUT2D eigenvalue weighted by molar-refractivity contribution is -0.129. The van der Waals surface area contributed by atoms with Crippen LogP contribution in [-0.4, -0.2) is 17.4 Å². The summed E-state index contributed by atoms with van der Waals surface area (Å²) in [4.78, 5) is 13.9. The van der Waals surface area contributed by atoms with Crippen molar-refractivity contribution >= 4 is 5.91 Å². The average molecular weight is 217 g/mol. The topological polar surface area (TPSA) is 20.3 Å². The first-order chi connectivity index (χ1) is 7.49. The van der Waals surface area contributed by atoms with Crippen LogP contribution >= 0.6 is 0 Å². The molecule has 86 valence electrons. The fourth-order valence-electron chi connectivity index (χ4n) is 2.38. The highest BCUT2D eigenvalue weighted by molar-refractivity contribution is 5.79. The van der Waals surface area contributed by atoms with Crippen molar-refractivity contribution in [2.24, 2.45) is 5.41 Å². The molecule has 2 rings (SSSR count). The third-order valence-electron chi connectivity index (χ3n) is 3.30. The number of likely N-dealkylation sites (tertiary alicyclic amines) is 1. The summed E-state index contributed by atoms with van der Waals surface area (Å²) in [5.41, 5.74) is 1.34. The van der Waals surface area contributed by atoms with Crippen LogP contribution < -0.4 is 0 Å². The number of carbonyl (C=O) groups is 1. The van der Waals surface area contributed by atoms with Crippen molar-refractivity contribution < 1.29 is 4.79 Å². The van der Waals surface area contributed by atoms with Gasteiger partial charge in [-0.15, -0.1) is 0 Å². The Hall–Kier alpha value is -1.31. The molecule has 1 heterocycles. The van der Waals surface area contributed by atoms with Gasteiger partial charge in [0.05, 0.1) is 6.04 Å². The molecular weight excluding hydrogens is 198 g/mol. The van der Waals surface area contributed by atoms with E-state index in [1.807, 2.05) is 23.1 Å². The van der Waals surface area contributed by atoms with Crippen molar-refractivity contribution in [3.8, 4) is 0 Å². The fraction of sp³-hybridized carbons (Fsp3) is 0.500. The second-order valence-electron chi connectivity index (χ2n) is 5.45. The van der Waals surface area contributed by atoms with E-state index in [9.17, 15) is 4.79 Å². The molecule has 0 spiro atoms. The van der Waals surface area contributed by atoms with Crippen molar-refractivity contribution in [2.75, 3.05) is 6.54 Å². The molecule has 2 heteroatoms. The quantitative estimate of drug-likeness (QED) is 0.745. The normalized spacial score (nSPS) is 21.2. The SMILES string of the molecule is C[C@H](c1ccccc1)N1CC(C)(C)CC1=O. The van der Waals surface area contributed by atoms with Crippen LogP contribution in [0.3, 0.4) is 0 Å². The number of rotatable bonds is 2. The molecule has 1 atom stereocenters. The van der Waals surface area contributed by atoms with Gasteiger partial charge in [0.2, 0.25) is 5.91 Å². The van der Waals surface area contributed by atoms with Gasteiger partial charge in [-0.3, -0.25) is 4.79 Å². The predicted molar refractivity (Wildman–Crippen MR) is 65.0 cm³/mol. The molecule has 0 unspecified atom stereocenters. The van der Waals surface area contributed by atoms with Crippen LogP contribution in [0, 0.1) is 5.41 Å². The largest absolute Gasteiger partial charge is 0.335 e. The monoisotopic (exact) mass is 217 g/mol. The molecule has 1 aliphatic rings. The van der Waals surface area contributed by atoms with E-state index in [1.54, 1.807) is 0 Å². The molecule has 1 amide bonds. The molecule has 1 aromatic carbocycles. The zero-order chi connectivity index (χ0) is 11.8. The van der Waals surface area contributed by atoms with Crippen molar-refractivity contribution in [1.82, 2.24) is 4.90 Å². The van der Waals surface area contributed by atoms with Crippen molar-refractivity contribution in [3.63, 3.8) is 0 Å². The predicted octanol–water partition coefficient (Wildman–Crippen LogP) is 3.01. The molecule has 1 fully saturated rings. The van der Waals surface area contributed by atoms with Gasteiger partial charge in [0.1, 0.15) is 0 Å². The number of benzene rings is 1. The summed E-state index contributed by atoms with van der Waals surface area (Å²) in [6.07, 6.45) is 0.671. The van der Waals surface area contributed by atoms with E-state index in [1.165, 1.54) is 5.56 Å². The van der Waals surface area contributed by atoms with Gasteiger partial charge in [0.15, 0.2) is 0 Å². The van der Waals surface area contributed by atoms with Crippen LogP contribution in [0.4, 0.5) is 0 Å². The first kappa shape index (κ1) is 11.2. The molecule has 1 saturated heterocycles. The smallest absolute Gasteiger partial charge is 0.223 e. The van der Waals surface area contributed by atoms with Gasteiger partial charge >= 0.3 is 0 Å². The number of nitrogens with zero attached hydrogens (tertiary/aromatic N) is 1. The molecule has 0 aliphatic carbocycles. The average Bonchev–Trinajstić information content (AvgIpc) is 2.52. The maximum atomic E-state index is 11.9. The van der Waals surface area contributed by atoms with E-state index >= 15 is 0 Å². The Balaban J connectivity index is 2.18. The number of amides is 1. The highest BCUT2D eigenvalue weighted by atomic mass is 16.2. The Kier molecular flexibility index (Phi) is 2.75. The van der Waals surface area contributed by atoms with Gasteiger partial charge in [-0.2, -0.15) is 0 Å². The number of hydrogen-bond donors (Lipinski definition) is 0. The Morgan fingerprint density at radius 1 is 1.25 bits per heavy atom. The maximum absolute atomic E-state index is 11.9. The van der Waals surface area contributed by atoms with Crippen LogP contribution in [0.1, 0.15) is 38.8 Å². The minimum absolute atomic E-state index is 0.125. The van der Waals surface area contributed by atoms with Crippen molar-refractivity contribution in [1.29, 1.82) is 0 Å². The Bertz CT molecular complexity index is 383. The molecule has 0 radical (unpaired) electrons. The maximum Gasteiger partial charge on any atom is 0.223 e. The van der Waals surface area contributed by atoms with Crippen molar-refractivity contribution in [3.05, 3.63) is 35.9 Å². The lowest BCUT2D eigenvalue weighted by Gasteiger charge is -2.26. The lowest BCUT2D eigenvalue weighted by atomic mass is 9.93. The van der Waals surface area contributed by atoms with Gasteiger partial charge in [0.25, 0.3) is 0 Å². The number of carbonyl (C=O) groups excluding carboxylic acids is 1. The zero-order valence-corrected chi connectivity index (χ0v) is 10.2. The molecule has 16 heavy (non-hydrogen) atoms. The summed E-state index contributed by atoms with van der Waals surface area (Å²) >= 11 is 0. The summed E-state index contributed by atoms with van der Waals surface area (Å²) < 4.78 is 0. The van der Waals surface area contributed by atoms with E-state index in [0.717, 1.165) is 6.54 Å². The molecule has 1 aromatic rings. The number of hydrogen-bond acceptors (Lipinski definition) is 1. The van der Waals surface area contributed by atoms with Gasteiger partial charge in [0, 0.05) is 13.0 Å². The third-order valence-corrected chi connectivity index (χ3v) is 3.30. The van der Waals surface area contributed by atoms with Crippen LogP contribution in [-0.2, 0) is 4.79 Å². The van der Waals surface area contributed by atoms with Gasteiger partial charge in [-0.25, -0.2) is 0 Å². The molecule has 0 aromatic heterocycles. The summed E-state index contributed by atoms with van der Waals surface area (Å²) in [5, 5.41) is 0. The second kappa shape index (κ2) is 3.93. The summed E-state index contributed by atoms with van der Waals surface area (Å²) in [6, 6.07) is 10.4. The Morgan fingerprint density at radius 2 is 1.88 bits per heavy atom. The van der Waals surface area contributed by atoms with Crippen LogP contribution in [0.5, 0.6) is 0 Å². The van der Waals surface area contributed by atoms with E-state index in [0.29, 0.717) is 6.42 Å². The van der Waals surface area contributed by atoms with Gasteiger partial charge in [-0.1, -0.05) is 44.2 Å². The molecule has 0 bridgehead atoms. The summed E-state index contributed by atoms with van der Waals surface area (Å²) in [6.45, 7) is 7.28. The first-order valence-electron chi connectivity index (χ1n) is 5.84. The van der Waals surface area contributed by atoms with Crippen LogP contribution in [0.2, 0.25) is 0 Å². The molecule has 0 N–H and O–H groups in total. The molecule has 2 nitrogen and oxygen atoms in total. The Morgan fingerprint density at radius 3 is 2.38 bits per heavy atom. The van der Waals surface area contributed by atoms with E-state index < -0.39 is 0 Å². The van der Waals surface area contributed by atoms with Gasteiger partial charge in [-0.05, 0) is 17.9 Å². The van der Waals surface area contributed by atoms with Crippen LogP contribution in [0.15, 0.2) is 30.3 Å². The highest BCUT2D eigenvalue weighted by Gasteiger charge is 2.38. The summed E-state index contributed by atoms with van der Waals surface area (Å²) in [5.74, 6) is 0.279. The van der Waals surface area contributed by atoms with E-state index in [2.05, 4.69) is 32.9 Å². The highest BCUT2D eigenvalue weighted by Crippen LogP contribution is 2.35. The van der Waals surface area contributed by atoms with E-state index in [-0.39, 0.29) is 17.4 Å². The second-order valence-corrected chi connectivity index (χ2v) is 5.45. The van der Waals surface area contributed by atoms with Crippen molar-refractivity contribution in [2.45, 2.75) is 33.2 Å². The minimum Gasteiger partial charge on any atom is -0.335 e. The fourth-order valence-corrected chi connectivity index (χ4v) is 2.38. The molecule has 1 aliphatic heterocycles. The van der Waals surface area contributed by atoms with Gasteiger partial charge < -0.3 is 4.90 Å². The Labute approximate surface area is 97.3 Å². The molecule has 0 saturated carbocycles. The first-order valence-corrected chi connectivity index (χ1v) is 5.84. The standard InChI is InChI=1S/C14H19NO/c1-11(12-7-5-4-6-8-12)15-10-14(2,3)9-13(15)16/h4-8,11H,9-10H2,1-3H3/t11-/m1/s1. The molecular formula is C14H19NO. The minimum atomic E-state index is 0.125. The zero-order valence-electron chi connectivity index (χ0n) is 10.2. The van der Waals surface area contributed by atoms with Crippen LogP contribution in [0.25, 0.3) is 0 Å². The third kappa shape index (κ3) is 2.11. The van der Waals surface area contributed by atoms with E-state index in [4.69, 9.17) is 0 Å².